The smallest absolute Gasteiger partial charge is 0.251 e. The normalized spacial score (nSPS) is 10.7. The number of amides is 1. The summed E-state index contributed by atoms with van der Waals surface area (Å²) >= 11 is 1.44. The topological polar surface area (TPSA) is 66.9 Å². The number of hydrogen-bond acceptors (Lipinski definition) is 5. The van der Waals surface area contributed by atoms with Crippen molar-refractivity contribution in [2.45, 2.75) is 13.3 Å². The third-order valence-corrected chi connectivity index (χ3v) is 4.24. The van der Waals surface area contributed by atoms with Crippen LogP contribution >= 0.6 is 11.5 Å². The van der Waals surface area contributed by atoms with E-state index in [1.165, 1.54) is 11.5 Å². The van der Waals surface area contributed by atoms with Gasteiger partial charge >= 0.3 is 0 Å². The van der Waals surface area contributed by atoms with Gasteiger partial charge in [-0.2, -0.15) is 4.37 Å². The highest BCUT2D eigenvalue weighted by Gasteiger charge is 2.06. The molecular formula is C17H18N4OS. The van der Waals surface area contributed by atoms with Crippen molar-refractivity contribution in [3.8, 4) is 0 Å². The zero-order valence-corrected chi connectivity index (χ0v) is 13.7. The molecule has 0 fully saturated rings. The Kier molecular flexibility index (Phi) is 4.83. The molecule has 1 aromatic carbocycles. The molecule has 0 radical (unpaired) electrons. The predicted octanol–water partition coefficient (Wildman–Crippen LogP) is 3.23. The van der Waals surface area contributed by atoms with Crippen molar-refractivity contribution < 1.29 is 4.79 Å². The molecule has 2 N–H and O–H groups in total. The zero-order valence-electron chi connectivity index (χ0n) is 12.9. The number of benzene rings is 1. The summed E-state index contributed by atoms with van der Waals surface area (Å²) in [5.41, 5.74) is 2.69. The fourth-order valence-electron chi connectivity index (χ4n) is 2.28. The number of aromatic nitrogens is 2. The average Bonchev–Trinajstić information content (AvgIpc) is 2.98. The van der Waals surface area contributed by atoms with E-state index < -0.39 is 0 Å². The van der Waals surface area contributed by atoms with E-state index in [2.05, 4.69) is 20.0 Å². The minimum atomic E-state index is -0.0329. The molecule has 0 saturated heterocycles. The first-order valence-corrected chi connectivity index (χ1v) is 8.30. The average molecular weight is 326 g/mol. The highest BCUT2D eigenvalue weighted by molar-refractivity contribution is 7.13. The largest absolute Gasteiger partial charge is 0.367 e. The Balaban J connectivity index is 1.44. The summed E-state index contributed by atoms with van der Waals surface area (Å²) in [5, 5.41) is 6.21. The van der Waals surface area contributed by atoms with Gasteiger partial charge in [-0.05, 0) is 49.1 Å². The molecule has 0 aliphatic rings. The first-order valence-electron chi connectivity index (χ1n) is 7.53. The summed E-state index contributed by atoms with van der Waals surface area (Å²) in [6.45, 7) is 3.34. The van der Waals surface area contributed by atoms with E-state index in [0.29, 0.717) is 12.1 Å². The Labute approximate surface area is 138 Å². The summed E-state index contributed by atoms with van der Waals surface area (Å²) in [5.74, 6) is 0.782. The number of pyridine rings is 1. The third kappa shape index (κ3) is 3.84. The van der Waals surface area contributed by atoms with Gasteiger partial charge in [0, 0.05) is 24.8 Å². The maximum absolute atomic E-state index is 12.0. The monoisotopic (exact) mass is 326 g/mol. The number of fused-ring (bicyclic) bond motifs is 1. The first-order chi connectivity index (χ1) is 11.2. The number of rotatable bonds is 6. The number of aryl methyl sites for hydroxylation is 1. The van der Waals surface area contributed by atoms with E-state index in [9.17, 15) is 4.79 Å². The van der Waals surface area contributed by atoms with Crippen LogP contribution in [-0.4, -0.2) is 28.4 Å². The number of carbonyl (C=O) groups excluding carboxylic acids is 1. The lowest BCUT2D eigenvalue weighted by atomic mass is 10.1. The van der Waals surface area contributed by atoms with Crippen LogP contribution in [0.5, 0.6) is 0 Å². The van der Waals surface area contributed by atoms with Gasteiger partial charge < -0.3 is 10.6 Å². The molecule has 0 aliphatic heterocycles. The lowest BCUT2D eigenvalue weighted by molar-refractivity contribution is 0.0953. The van der Waals surface area contributed by atoms with Crippen LogP contribution in [0.4, 0.5) is 5.82 Å². The molecule has 0 aliphatic carbocycles. The van der Waals surface area contributed by atoms with Gasteiger partial charge in [0.05, 0.1) is 4.70 Å². The molecule has 0 unspecified atom stereocenters. The molecule has 2 aromatic heterocycles. The van der Waals surface area contributed by atoms with Crippen molar-refractivity contribution in [3.05, 3.63) is 53.7 Å². The van der Waals surface area contributed by atoms with Crippen molar-refractivity contribution >= 4 is 33.5 Å². The van der Waals surface area contributed by atoms with Crippen LogP contribution in [-0.2, 0) is 0 Å². The molecule has 0 spiro atoms. The van der Waals surface area contributed by atoms with E-state index >= 15 is 0 Å². The van der Waals surface area contributed by atoms with Crippen LogP contribution in [0.15, 0.2) is 42.6 Å². The van der Waals surface area contributed by atoms with Gasteiger partial charge in [-0.25, -0.2) is 0 Å². The number of hydrogen-bond donors (Lipinski definition) is 2. The van der Waals surface area contributed by atoms with Gasteiger partial charge in [-0.15, -0.1) is 0 Å². The van der Waals surface area contributed by atoms with Crippen LogP contribution in [0.25, 0.3) is 10.2 Å². The molecule has 3 aromatic rings. The molecule has 0 bridgehead atoms. The number of nitrogens with one attached hydrogen (secondary N) is 2. The van der Waals surface area contributed by atoms with Crippen LogP contribution in [0.2, 0.25) is 0 Å². The molecule has 2 heterocycles. The predicted molar refractivity (Wildman–Crippen MR) is 94.0 cm³/mol. The van der Waals surface area contributed by atoms with Gasteiger partial charge in [0.2, 0.25) is 0 Å². The maximum atomic E-state index is 12.0. The first kappa shape index (κ1) is 15.4. The molecule has 0 atom stereocenters. The summed E-state index contributed by atoms with van der Waals surface area (Å²) in [4.78, 5) is 16.3. The van der Waals surface area contributed by atoms with E-state index in [1.807, 2.05) is 43.3 Å². The Morgan fingerprint density at radius 3 is 3.00 bits per heavy atom. The minimum absolute atomic E-state index is 0.0329. The fourth-order valence-corrected chi connectivity index (χ4v) is 3.00. The third-order valence-electron chi connectivity index (χ3n) is 3.44. The Morgan fingerprint density at radius 2 is 2.13 bits per heavy atom. The van der Waals surface area contributed by atoms with Crippen LogP contribution in [0.3, 0.4) is 0 Å². The van der Waals surface area contributed by atoms with Gasteiger partial charge in [-0.3, -0.25) is 9.78 Å². The number of nitrogens with zero attached hydrogens (tertiary/aromatic N) is 2. The summed E-state index contributed by atoms with van der Waals surface area (Å²) < 4.78 is 5.44. The second-order valence-corrected chi connectivity index (χ2v) is 6.09. The van der Waals surface area contributed by atoms with Gasteiger partial charge in [-0.1, -0.05) is 17.7 Å². The molecule has 23 heavy (non-hydrogen) atoms. The van der Waals surface area contributed by atoms with Gasteiger partial charge in [0.1, 0.15) is 5.52 Å². The second kappa shape index (κ2) is 7.19. The summed E-state index contributed by atoms with van der Waals surface area (Å²) in [6, 6.07) is 11.5. The second-order valence-electron chi connectivity index (χ2n) is 5.29. The van der Waals surface area contributed by atoms with E-state index in [-0.39, 0.29) is 5.91 Å². The fraction of sp³-hybridized carbons (Fsp3) is 0.235. The van der Waals surface area contributed by atoms with E-state index in [1.54, 1.807) is 6.20 Å². The lowest BCUT2D eigenvalue weighted by Crippen LogP contribution is -2.25. The SMILES string of the molecule is Cc1cccc(C(=O)NCCCNc2nsc3cccnc23)c1. The standard InChI is InChI=1S/C17H18N4OS/c1-12-5-2-6-13(11-12)17(22)20-10-4-9-19-16-15-14(23-21-16)7-3-8-18-15/h2-3,5-8,11H,4,9-10H2,1H3,(H,19,21)(H,20,22). The molecule has 1 amide bonds. The zero-order chi connectivity index (χ0) is 16.1. The van der Waals surface area contributed by atoms with Crippen molar-refractivity contribution in [1.29, 1.82) is 0 Å². The van der Waals surface area contributed by atoms with Crippen LogP contribution in [0.1, 0.15) is 22.3 Å². The Bertz CT molecular complexity index is 815. The Morgan fingerprint density at radius 1 is 1.22 bits per heavy atom. The molecular weight excluding hydrogens is 308 g/mol. The maximum Gasteiger partial charge on any atom is 0.251 e. The van der Waals surface area contributed by atoms with Crippen molar-refractivity contribution in [1.82, 2.24) is 14.7 Å². The molecule has 6 heteroatoms. The van der Waals surface area contributed by atoms with Crippen LogP contribution in [0, 0.1) is 6.92 Å². The minimum Gasteiger partial charge on any atom is -0.367 e. The summed E-state index contributed by atoms with van der Waals surface area (Å²) in [7, 11) is 0. The van der Waals surface area contributed by atoms with Gasteiger partial charge in [0.15, 0.2) is 5.82 Å². The number of anilines is 1. The molecule has 118 valence electrons. The number of carbonyl (C=O) groups is 1. The highest BCUT2D eigenvalue weighted by Crippen LogP contribution is 2.23. The lowest BCUT2D eigenvalue weighted by Gasteiger charge is -2.06. The Hall–Kier alpha value is -2.47. The van der Waals surface area contributed by atoms with Gasteiger partial charge in [0.25, 0.3) is 5.91 Å². The van der Waals surface area contributed by atoms with Crippen molar-refractivity contribution in [2.75, 3.05) is 18.4 Å². The molecule has 0 saturated carbocycles. The molecule has 3 rings (SSSR count). The van der Waals surface area contributed by atoms with Crippen molar-refractivity contribution in [3.63, 3.8) is 0 Å². The van der Waals surface area contributed by atoms with Crippen LogP contribution < -0.4 is 10.6 Å². The highest BCUT2D eigenvalue weighted by atomic mass is 32.1. The summed E-state index contributed by atoms with van der Waals surface area (Å²) in [6.07, 6.45) is 2.59. The molecule has 5 nitrogen and oxygen atoms in total. The quantitative estimate of drug-likeness (QED) is 0.683. The van der Waals surface area contributed by atoms with E-state index in [0.717, 1.165) is 34.6 Å². The van der Waals surface area contributed by atoms with Crippen molar-refractivity contribution in [2.24, 2.45) is 0 Å². The van der Waals surface area contributed by atoms with E-state index in [4.69, 9.17) is 0 Å².